The molecule has 13 heavy (non-hydrogen) atoms. The van der Waals surface area contributed by atoms with E-state index in [9.17, 15) is 9.18 Å². The van der Waals surface area contributed by atoms with Gasteiger partial charge in [-0.3, -0.25) is 4.79 Å². The average Bonchev–Trinajstić information content (AvgIpc) is 2.16. The molecule has 0 amide bonds. The van der Waals surface area contributed by atoms with Gasteiger partial charge in [-0.25, -0.2) is 4.39 Å². The van der Waals surface area contributed by atoms with E-state index in [4.69, 9.17) is 11.6 Å². The molecule has 1 nitrogen and oxygen atoms in total. The zero-order valence-electron chi connectivity index (χ0n) is 6.84. The van der Waals surface area contributed by atoms with Gasteiger partial charge in [0.2, 0.25) is 0 Å². The molecule has 0 N–H and O–H groups in total. The number of alkyl halides is 1. The van der Waals surface area contributed by atoms with Gasteiger partial charge in [0.05, 0.1) is 5.88 Å². The molecule has 0 aromatic heterocycles. The summed E-state index contributed by atoms with van der Waals surface area (Å²) in [6.07, 6.45) is 2.98. The summed E-state index contributed by atoms with van der Waals surface area (Å²) in [7, 11) is 0. The van der Waals surface area contributed by atoms with E-state index in [0.717, 1.165) is 5.56 Å². The van der Waals surface area contributed by atoms with Crippen molar-refractivity contribution in [1.29, 1.82) is 0 Å². The maximum Gasteiger partial charge on any atom is 0.170 e. The number of halogens is 2. The lowest BCUT2D eigenvalue weighted by molar-refractivity contribution is -0.112. The predicted octanol–water partition coefficient (Wildman–Crippen LogP) is 2.65. The van der Waals surface area contributed by atoms with Crippen LogP contribution in [0, 0.1) is 5.82 Å². The molecular formula is C10H8ClFO. The smallest absolute Gasteiger partial charge is 0.170 e. The molecular weight excluding hydrogens is 191 g/mol. The van der Waals surface area contributed by atoms with Crippen molar-refractivity contribution in [1.82, 2.24) is 0 Å². The van der Waals surface area contributed by atoms with Crippen LogP contribution in [0.25, 0.3) is 6.08 Å². The van der Waals surface area contributed by atoms with E-state index in [1.54, 1.807) is 18.2 Å². The van der Waals surface area contributed by atoms with Gasteiger partial charge in [-0.15, -0.1) is 11.6 Å². The molecule has 1 aromatic carbocycles. The highest BCUT2D eigenvalue weighted by atomic mass is 35.5. The number of allylic oxidation sites excluding steroid dienone is 1. The Balaban J connectivity index is 2.69. The number of hydrogen-bond acceptors (Lipinski definition) is 1. The van der Waals surface area contributed by atoms with Crippen molar-refractivity contribution in [2.75, 3.05) is 5.88 Å². The summed E-state index contributed by atoms with van der Waals surface area (Å²) in [6, 6.07) is 5.86. The fraction of sp³-hybridized carbons (Fsp3) is 0.100. The van der Waals surface area contributed by atoms with Crippen molar-refractivity contribution in [3.8, 4) is 0 Å². The molecule has 0 spiro atoms. The highest BCUT2D eigenvalue weighted by molar-refractivity contribution is 6.29. The zero-order chi connectivity index (χ0) is 9.68. The summed E-state index contributed by atoms with van der Waals surface area (Å²) >= 11 is 5.28. The van der Waals surface area contributed by atoms with Crippen molar-refractivity contribution >= 4 is 23.5 Å². The van der Waals surface area contributed by atoms with E-state index in [1.807, 2.05) is 0 Å². The molecule has 0 radical (unpaired) electrons. The second kappa shape index (κ2) is 4.77. The number of rotatable bonds is 3. The monoisotopic (exact) mass is 198 g/mol. The molecule has 68 valence electrons. The third-order valence-electron chi connectivity index (χ3n) is 1.46. The summed E-state index contributed by atoms with van der Waals surface area (Å²) in [5.74, 6) is -0.482. The maximum atomic E-state index is 12.4. The lowest BCUT2D eigenvalue weighted by Crippen LogP contribution is -1.91. The Labute approximate surface area is 80.8 Å². The first-order valence-electron chi connectivity index (χ1n) is 3.75. The van der Waals surface area contributed by atoms with Crippen molar-refractivity contribution in [3.05, 3.63) is 41.7 Å². The summed E-state index contributed by atoms with van der Waals surface area (Å²) < 4.78 is 12.4. The predicted molar refractivity (Wildman–Crippen MR) is 51.2 cm³/mol. The molecule has 1 rings (SSSR count). The zero-order valence-corrected chi connectivity index (χ0v) is 7.59. The fourth-order valence-corrected chi connectivity index (χ4v) is 0.897. The first kappa shape index (κ1) is 9.93. The number of ketones is 1. The number of benzene rings is 1. The van der Waals surface area contributed by atoms with Crippen LogP contribution in [-0.4, -0.2) is 11.7 Å². The number of carbonyl (C=O) groups excluding carboxylic acids is 1. The molecule has 0 saturated heterocycles. The Morgan fingerprint density at radius 1 is 1.38 bits per heavy atom. The molecule has 1 aromatic rings. The van der Waals surface area contributed by atoms with Gasteiger partial charge in [-0.05, 0) is 23.8 Å². The van der Waals surface area contributed by atoms with Crippen LogP contribution in [0.15, 0.2) is 30.3 Å². The standard InChI is InChI=1S/C10H8ClFO/c11-7-10(13)6-3-8-1-4-9(12)5-2-8/h1-6H,7H2/b6-3+. The minimum absolute atomic E-state index is 0.0301. The normalized spacial score (nSPS) is 10.6. The van der Waals surface area contributed by atoms with Crippen LogP contribution in [-0.2, 0) is 4.79 Å². The van der Waals surface area contributed by atoms with Crippen molar-refractivity contribution in [2.45, 2.75) is 0 Å². The summed E-state index contributed by atoms with van der Waals surface area (Å²) in [6.45, 7) is 0. The fourth-order valence-electron chi connectivity index (χ4n) is 0.808. The molecule has 0 atom stereocenters. The molecule has 0 aliphatic rings. The Hall–Kier alpha value is -1.15. The lowest BCUT2D eigenvalue weighted by Gasteiger charge is -1.91. The second-order valence-electron chi connectivity index (χ2n) is 2.48. The third kappa shape index (κ3) is 3.38. The molecule has 0 heterocycles. The largest absolute Gasteiger partial charge is 0.294 e. The molecule has 0 aliphatic heterocycles. The van der Waals surface area contributed by atoms with Crippen LogP contribution < -0.4 is 0 Å². The quantitative estimate of drug-likeness (QED) is 0.539. The maximum absolute atomic E-state index is 12.4. The van der Waals surface area contributed by atoms with Gasteiger partial charge in [-0.2, -0.15) is 0 Å². The van der Waals surface area contributed by atoms with Gasteiger partial charge < -0.3 is 0 Å². The molecule has 0 saturated carbocycles. The second-order valence-corrected chi connectivity index (χ2v) is 2.75. The van der Waals surface area contributed by atoms with E-state index < -0.39 is 0 Å². The van der Waals surface area contributed by atoms with Crippen LogP contribution in [0.2, 0.25) is 0 Å². The summed E-state index contributed by atoms with van der Waals surface area (Å²) in [4.78, 5) is 10.8. The number of carbonyl (C=O) groups is 1. The van der Waals surface area contributed by atoms with Crippen LogP contribution in [0.5, 0.6) is 0 Å². The van der Waals surface area contributed by atoms with Gasteiger partial charge in [0.25, 0.3) is 0 Å². The van der Waals surface area contributed by atoms with Gasteiger partial charge in [0, 0.05) is 0 Å². The van der Waals surface area contributed by atoms with Gasteiger partial charge in [0.1, 0.15) is 5.82 Å². The molecule has 0 fully saturated rings. The summed E-state index contributed by atoms with van der Waals surface area (Å²) in [5, 5.41) is 0. The Kier molecular flexibility index (Phi) is 3.65. The third-order valence-corrected chi connectivity index (χ3v) is 1.73. The molecule has 0 bridgehead atoms. The van der Waals surface area contributed by atoms with Crippen LogP contribution in [0.1, 0.15) is 5.56 Å². The minimum Gasteiger partial charge on any atom is -0.294 e. The SMILES string of the molecule is O=C(/C=C/c1ccc(F)cc1)CCl. The Morgan fingerprint density at radius 3 is 2.54 bits per heavy atom. The van der Waals surface area contributed by atoms with Crippen molar-refractivity contribution in [2.24, 2.45) is 0 Å². The first-order chi connectivity index (χ1) is 6.22. The molecule has 0 unspecified atom stereocenters. The molecule has 0 aliphatic carbocycles. The minimum atomic E-state index is -0.291. The highest BCUT2D eigenvalue weighted by Crippen LogP contribution is 2.04. The van der Waals surface area contributed by atoms with Crippen LogP contribution in [0.3, 0.4) is 0 Å². The summed E-state index contributed by atoms with van der Waals surface area (Å²) in [5.41, 5.74) is 0.778. The Morgan fingerprint density at radius 2 is 2.00 bits per heavy atom. The highest BCUT2D eigenvalue weighted by Gasteiger charge is 1.92. The molecule has 3 heteroatoms. The van der Waals surface area contributed by atoms with Crippen LogP contribution >= 0.6 is 11.6 Å². The van der Waals surface area contributed by atoms with Gasteiger partial charge in [0.15, 0.2) is 5.78 Å². The van der Waals surface area contributed by atoms with E-state index in [1.165, 1.54) is 18.2 Å². The van der Waals surface area contributed by atoms with Crippen molar-refractivity contribution < 1.29 is 9.18 Å². The topological polar surface area (TPSA) is 17.1 Å². The van der Waals surface area contributed by atoms with E-state index in [0.29, 0.717) is 0 Å². The average molecular weight is 199 g/mol. The van der Waals surface area contributed by atoms with Gasteiger partial charge in [-0.1, -0.05) is 18.2 Å². The number of hydrogen-bond donors (Lipinski definition) is 0. The first-order valence-corrected chi connectivity index (χ1v) is 4.28. The van der Waals surface area contributed by atoms with E-state index in [2.05, 4.69) is 0 Å². The van der Waals surface area contributed by atoms with E-state index >= 15 is 0 Å². The van der Waals surface area contributed by atoms with E-state index in [-0.39, 0.29) is 17.5 Å². The van der Waals surface area contributed by atoms with Gasteiger partial charge >= 0.3 is 0 Å². The van der Waals surface area contributed by atoms with Crippen LogP contribution in [0.4, 0.5) is 4.39 Å². The van der Waals surface area contributed by atoms with Crippen molar-refractivity contribution in [3.63, 3.8) is 0 Å². The lowest BCUT2D eigenvalue weighted by atomic mass is 10.2. The Bertz CT molecular complexity index is 316.